The highest BCUT2D eigenvalue weighted by molar-refractivity contribution is 9.10. The number of hydrogen-bond donors (Lipinski definition) is 3. The summed E-state index contributed by atoms with van der Waals surface area (Å²) in [5.74, 6) is 0. The highest BCUT2D eigenvalue weighted by Gasteiger charge is 2.14. The SMILES string of the molecule is O=c1[nH]cc([C@H]2CNCCN2)cc1Br. The van der Waals surface area contributed by atoms with Gasteiger partial charge in [-0.3, -0.25) is 4.79 Å². The van der Waals surface area contributed by atoms with Crippen LogP contribution < -0.4 is 16.2 Å². The number of aromatic amines is 1. The van der Waals surface area contributed by atoms with E-state index in [0.29, 0.717) is 4.47 Å². The van der Waals surface area contributed by atoms with Crippen molar-refractivity contribution in [1.29, 1.82) is 0 Å². The molecule has 1 atom stereocenters. The summed E-state index contributed by atoms with van der Waals surface area (Å²) in [5.41, 5.74) is 1.01. The van der Waals surface area contributed by atoms with Gasteiger partial charge in [-0.05, 0) is 27.6 Å². The molecule has 0 radical (unpaired) electrons. The molecule has 1 aliphatic heterocycles. The van der Waals surface area contributed by atoms with Crippen molar-refractivity contribution in [3.05, 3.63) is 32.7 Å². The molecule has 0 aliphatic carbocycles. The molecule has 1 aromatic heterocycles. The molecule has 3 N–H and O–H groups in total. The van der Waals surface area contributed by atoms with Gasteiger partial charge in [-0.15, -0.1) is 0 Å². The van der Waals surface area contributed by atoms with Crippen LogP contribution in [-0.2, 0) is 0 Å². The van der Waals surface area contributed by atoms with Crippen LogP contribution in [0.25, 0.3) is 0 Å². The predicted octanol–water partition coefficient (Wildman–Crippen LogP) is 0.371. The van der Waals surface area contributed by atoms with Crippen LogP contribution in [0.1, 0.15) is 11.6 Å². The first kappa shape index (κ1) is 9.89. The van der Waals surface area contributed by atoms with Gasteiger partial charge in [0, 0.05) is 31.9 Å². The number of nitrogens with one attached hydrogen (secondary N) is 3. The van der Waals surface area contributed by atoms with Crippen LogP contribution in [0.3, 0.4) is 0 Å². The normalized spacial score (nSPS) is 22.2. The van der Waals surface area contributed by atoms with Gasteiger partial charge in [-0.2, -0.15) is 0 Å². The van der Waals surface area contributed by atoms with E-state index in [-0.39, 0.29) is 11.6 Å². The molecule has 76 valence electrons. The van der Waals surface area contributed by atoms with E-state index in [9.17, 15) is 4.79 Å². The van der Waals surface area contributed by atoms with Crippen LogP contribution in [-0.4, -0.2) is 24.6 Å². The number of pyridine rings is 1. The number of aromatic nitrogens is 1. The summed E-state index contributed by atoms with van der Waals surface area (Å²) in [6.45, 7) is 2.86. The zero-order valence-electron chi connectivity index (χ0n) is 7.64. The molecule has 5 heteroatoms. The molecule has 0 amide bonds. The van der Waals surface area contributed by atoms with Crippen molar-refractivity contribution in [2.45, 2.75) is 6.04 Å². The van der Waals surface area contributed by atoms with Gasteiger partial charge in [0.2, 0.25) is 0 Å². The number of rotatable bonds is 1. The lowest BCUT2D eigenvalue weighted by molar-refractivity contribution is 0.429. The fourth-order valence-corrected chi connectivity index (χ4v) is 1.94. The molecular formula is C9H12BrN3O. The van der Waals surface area contributed by atoms with Crippen LogP contribution in [0.5, 0.6) is 0 Å². The molecule has 0 spiro atoms. The Morgan fingerprint density at radius 3 is 2.93 bits per heavy atom. The molecule has 4 nitrogen and oxygen atoms in total. The predicted molar refractivity (Wildman–Crippen MR) is 58.4 cm³/mol. The van der Waals surface area contributed by atoms with Crippen molar-refractivity contribution < 1.29 is 0 Å². The molecular weight excluding hydrogens is 246 g/mol. The first-order valence-corrected chi connectivity index (χ1v) is 5.39. The Morgan fingerprint density at radius 1 is 1.43 bits per heavy atom. The Bertz CT molecular complexity index is 371. The first-order chi connectivity index (χ1) is 6.77. The Morgan fingerprint density at radius 2 is 2.29 bits per heavy atom. The quantitative estimate of drug-likeness (QED) is 0.682. The van der Waals surface area contributed by atoms with E-state index in [1.165, 1.54) is 0 Å². The zero-order valence-corrected chi connectivity index (χ0v) is 9.23. The number of halogens is 1. The Kier molecular flexibility index (Phi) is 3.00. The van der Waals surface area contributed by atoms with Gasteiger partial charge < -0.3 is 15.6 Å². The maximum atomic E-state index is 11.1. The van der Waals surface area contributed by atoms with Crippen molar-refractivity contribution in [2.24, 2.45) is 0 Å². The van der Waals surface area contributed by atoms with Gasteiger partial charge >= 0.3 is 0 Å². The van der Waals surface area contributed by atoms with E-state index in [4.69, 9.17) is 0 Å². The molecule has 1 aromatic rings. The summed E-state index contributed by atoms with van der Waals surface area (Å²) < 4.78 is 0.586. The second-order valence-electron chi connectivity index (χ2n) is 3.32. The third-order valence-corrected chi connectivity index (χ3v) is 2.91. The van der Waals surface area contributed by atoms with Crippen molar-refractivity contribution in [2.75, 3.05) is 19.6 Å². The standard InChI is InChI=1S/C9H12BrN3O/c10-7-3-6(4-13-9(7)14)8-5-11-1-2-12-8/h3-4,8,11-12H,1-2,5H2,(H,13,14)/t8-/m1/s1. The second-order valence-corrected chi connectivity index (χ2v) is 4.18. The third kappa shape index (κ3) is 2.05. The van der Waals surface area contributed by atoms with E-state index in [0.717, 1.165) is 25.2 Å². The summed E-state index contributed by atoms with van der Waals surface area (Å²) in [6, 6.07) is 2.15. The van der Waals surface area contributed by atoms with Gasteiger partial charge in [0.25, 0.3) is 5.56 Å². The lowest BCUT2D eigenvalue weighted by Crippen LogP contribution is -2.42. The largest absolute Gasteiger partial charge is 0.328 e. The summed E-state index contributed by atoms with van der Waals surface area (Å²) >= 11 is 3.22. The minimum absolute atomic E-state index is 0.0856. The maximum Gasteiger partial charge on any atom is 0.262 e. The Balaban J connectivity index is 2.22. The highest BCUT2D eigenvalue weighted by atomic mass is 79.9. The average Bonchev–Trinajstić information content (AvgIpc) is 2.23. The molecule has 0 bridgehead atoms. The lowest BCUT2D eigenvalue weighted by atomic mass is 10.1. The first-order valence-electron chi connectivity index (χ1n) is 4.59. The molecule has 0 unspecified atom stereocenters. The van der Waals surface area contributed by atoms with Crippen LogP contribution in [0, 0.1) is 0 Å². The fraction of sp³-hybridized carbons (Fsp3) is 0.444. The molecule has 2 rings (SSSR count). The van der Waals surface area contributed by atoms with Crippen LogP contribution in [0.4, 0.5) is 0 Å². The van der Waals surface area contributed by atoms with Crippen LogP contribution >= 0.6 is 15.9 Å². The molecule has 2 heterocycles. The molecule has 1 saturated heterocycles. The fourth-order valence-electron chi connectivity index (χ4n) is 1.56. The second kappa shape index (κ2) is 4.25. The summed E-state index contributed by atoms with van der Waals surface area (Å²) in [6.07, 6.45) is 1.76. The Labute approximate surface area is 90.2 Å². The van der Waals surface area contributed by atoms with Gasteiger partial charge in [0.1, 0.15) is 0 Å². The van der Waals surface area contributed by atoms with Crippen molar-refractivity contribution >= 4 is 15.9 Å². The minimum atomic E-state index is -0.0856. The summed E-state index contributed by atoms with van der Waals surface area (Å²) in [4.78, 5) is 13.8. The van der Waals surface area contributed by atoms with E-state index in [1.807, 2.05) is 6.07 Å². The molecule has 1 fully saturated rings. The Hall–Kier alpha value is -0.650. The zero-order chi connectivity index (χ0) is 9.97. The lowest BCUT2D eigenvalue weighted by Gasteiger charge is -2.24. The van der Waals surface area contributed by atoms with Crippen molar-refractivity contribution in [3.8, 4) is 0 Å². The summed E-state index contributed by atoms with van der Waals surface area (Å²) in [7, 11) is 0. The molecule has 0 aromatic carbocycles. The van der Waals surface area contributed by atoms with E-state index >= 15 is 0 Å². The smallest absolute Gasteiger partial charge is 0.262 e. The monoisotopic (exact) mass is 257 g/mol. The number of piperazine rings is 1. The van der Waals surface area contributed by atoms with Gasteiger partial charge in [0.05, 0.1) is 4.47 Å². The van der Waals surface area contributed by atoms with Crippen molar-refractivity contribution in [3.63, 3.8) is 0 Å². The molecule has 14 heavy (non-hydrogen) atoms. The van der Waals surface area contributed by atoms with Gasteiger partial charge in [-0.25, -0.2) is 0 Å². The van der Waals surface area contributed by atoms with Gasteiger partial charge in [0.15, 0.2) is 0 Å². The van der Waals surface area contributed by atoms with Crippen molar-refractivity contribution in [1.82, 2.24) is 15.6 Å². The molecule has 1 aliphatic rings. The minimum Gasteiger partial charge on any atom is -0.328 e. The molecule has 0 saturated carbocycles. The van der Waals surface area contributed by atoms with E-state index in [2.05, 4.69) is 31.5 Å². The third-order valence-electron chi connectivity index (χ3n) is 2.32. The van der Waals surface area contributed by atoms with Crippen LogP contribution in [0.15, 0.2) is 21.5 Å². The number of H-pyrrole nitrogens is 1. The summed E-state index contributed by atoms with van der Waals surface area (Å²) in [5, 5.41) is 6.67. The topological polar surface area (TPSA) is 56.9 Å². The maximum absolute atomic E-state index is 11.1. The average molecular weight is 258 g/mol. The highest BCUT2D eigenvalue weighted by Crippen LogP contribution is 2.14. The van der Waals surface area contributed by atoms with E-state index < -0.39 is 0 Å². The van der Waals surface area contributed by atoms with Crippen LogP contribution in [0.2, 0.25) is 0 Å². The number of hydrogen-bond acceptors (Lipinski definition) is 3. The van der Waals surface area contributed by atoms with E-state index in [1.54, 1.807) is 6.20 Å². The van der Waals surface area contributed by atoms with Gasteiger partial charge in [-0.1, -0.05) is 0 Å².